The van der Waals surface area contributed by atoms with Gasteiger partial charge >= 0.3 is 0 Å². The monoisotopic (exact) mass is 221 g/mol. The van der Waals surface area contributed by atoms with Gasteiger partial charge in [0, 0.05) is 24.8 Å². The highest BCUT2D eigenvalue weighted by Gasteiger charge is 2.16. The van der Waals surface area contributed by atoms with Crippen LogP contribution in [0.25, 0.3) is 0 Å². The topological polar surface area (TPSA) is 49.2 Å². The van der Waals surface area contributed by atoms with Crippen molar-refractivity contribution in [3.8, 4) is 0 Å². The van der Waals surface area contributed by atoms with Gasteiger partial charge in [0.05, 0.1) is 6.61 Å². The maximum atomic E-state index is 8.97. The Morgan fingerprint density at radius 1 is 1.25 bits per heavy atom. The third kappa shape index (κ3) is 2.32. The Bertz CT molecular complexity index is 354. The number of fused-ring (bicyclic) bond motifs is 1. The lowest BCUT2D eigenvalue weighted by Gasteiger charge is -2.20. The van der Waals surface area contributed by atoms with E-state index in [1.807, 2.05) is 11.9 Å². The van der Waals surface area contributed by atoms with Crippen LogP contribution in [0.3, 0.4) is 0 Å². The van der Waals surface area contributed by atoms with Crippen molar-refractivity contribution in [3.05, 3.63) is 17.6 Å². The fourth-order valence-corrected chi connectivity index (χ4v) is 2.27. The average molecular weight is 221 g/mol. The first-order chi connectivity index (χ1) is 7.83. The van der Waals surface area contributed by atoms with E-state index in [-0.39, 0.29) is 6.61 Å². The van der Waals surface area contributed by atoms with E-state index >= 15 is 0 Å². The molecule has 1 aliphatic rings. The Hall–Kier alpha value is -1.16. The van der Waals surface area contributed by atoms with Crippen LogP contribution in [0.5, 0.6) is 0 Å². The van der Waals surface area contributed by atoms with Crippen molar-refractivity contribution in [2.75, 3.05) is 25.1 Å². The molecule has 0 radical (unpaired) electrons. The van der Waals surface area contributed by atoms with Gasteiger partial charge in [-0.05, 0) is 25.7 Å². The highest BCUT2D eigenvalue weighted by molar-refractivity contribution is 5.48. The van der Waals surface area contributed by atoms with E-state index in [9.17, 15) is 0 Å². The molecule has 1 aromatic rings. The number of aliphatic hydroxyl groups excluding tert-OH is 1. The Morgan fingerprint density at radius 2 is 2.06 bits per heavy atom. The molecule has 2 rings (SSSR count). The van der Waals surface area contributed by atoms with Crippen LogP contribution < -0.4 is 4.90 Å². The van der Waals surface area contributed by atoms with Gasteiger partial charge in [-0.15, -0.1) is 0 Å². The molecule has 4 heteroatoms. The molecule has 0 atom stereocenters. The normalized spacial score (nSPS) is 15.4. The summed E-state index contributed by atoms with van der Waals surface area (Å²) in [7, 11) is 1.98. The molecule has 0 saturated carbocycles. The molecule has 1 aliphatic carbocycles. The van der Waals surface area contributed by atoms with Crippen molar-refractivity contribution in [2.24, 2.45) is 0 Å². The van der Waals surface area contributed by atoms with Gasteiger partial charge in [0.2, 0.25) is 0 Å². The quantitative estimate of drug-likeness (QED) is 0.778. The second-order valence-corrected chi connectivity index (χ2v) is 4.33. The number of hydrogen-bond donors (Lipinski definition) is 1. The molecular formula is C12H19N3O. The molecule has 16 heavy (non-hydrogen) atoms. The maximum Gasteiger partial charge on any atom is 0.135 e. The van der Waals surface area contributed by atoms with E-state index < -0.39 is 0 Å². The number of aryl methyl sites for hydroxylation is 1. The minimum atomic E-state index is 0.162. The molecule has 0 aliphatic heterocycles. The predicted octanol–water partition coefficient (Wildman–Crippen LogP) is 1.17. The van der Waals surface area contributed by atoms with E-state index in [0.29, 0.717) is 6.54 Å². The van der Waals surface area contributed by atoms with Crippen LogP contribution in [-0.4, -0.2) is 35.3 Å². The van der Waals surface area contributed by atoms with E-state index in [1.54, 1.807) is 6.33 Å². The SMILES string of the molecule is CN(CCO)c1ncnc2c1CCCCC2. The van der Waals surface area contributed by atoms with Gasteiger partial charge < -0.3 is 10.0 Å². The Balaban J connectivity index is 2.30. The molecule has 0 unspecified atom stereocenters. The molecule has 0 spiro atoms. The van der Waals surface area contributed by atoms with Crippen LogP contribution in [0.2, 0.25) is 0 Å². The Kier molecular flexibility index (Phi) is 3.72. The molecule has 0 bridgehead atoms. The summed E-state index contributed by atoms with van der Waals surface area (Å²) < 4.78 is 0. The second kappa shape index (κ2) is 5.25. The maximum absolute atomic E-state index is 8.97. The molecule has 0 saturated heterocycles. The largest absolute Gasteiger partial charge is 0.395 e. The van der Waals surface area contributed by atoms with Crippen molar-refractivity contribution in [3.63, 3.8) is 0 Å². The lowest BCUT2D eigenvalue weighted by atomic mass is 10.1. The summed E-state index contributed by atoms with van der Waals surface area (Å²) in [6, 6.07) is 0. The van der Waals surface area contributed by atoms with Gasteiger partial charge in [-0.25, -0.2) is 9.97 Å². The van der Waals surface area contributed by atoms with Gasteiger partial charge in [0.25, 0.3) is 0 Å². The number of likely N-dealkylation sites (N-methyl/N-ethyl adjacent to an activating group) is 1. The van der Waals surface area contributed by atoms with Crippen LogP contribution in [0, 0.1) is 0 Å². The summed E-state index contributed by atoms with van der Waals surface area (Å²) in [4.78, 5) is 10.8. The fourth-order valence-electron chi connectivity index (χ4n) is 2.27. The zero-order valence-electron chi connectivity index (χ0n) is 9.82. The summed E-state index contributed by atoms with van der Waals surface area (Å²) >= 11 is 0. The first-order valence-corrected chi connectivity index (χ1v) is 5.97. The molecule has 88 valence electrons. The summed E-state index contributed by atoms with van der Waals surface area (Å²) in [5.41, 5.74) is 2.49. The minimum Gasteiger partial charge on any atom is -0.395 e. The van der Waals surface area contributed by atoms with Gasteiger partial charge in [0.1, 0.15) is 12.1 Å². The Labute approximate surface area is 96.3 Å². The Morgan fingerprint density at radius 3 is 2.88 bits per heavy atom. The second-order valence-electron chi connectivity index (χ2n) is 4.33. The van der Waals surface area contributed by atoms with Gasteiger partial charge in [0.15, 0.2) is 0 Å². The van der Waals surface area contributed by atoms with Crippen molar-refractivity contribution in [1.82, 2.24) is 9.97 Å². The highest BCUT2D eigenvalue weighted by atomic mass is 16.3. The van der Waals surface area contributed by atoms with Gasteiger partial charge in [-0.3, -0.25) is 0 Å². The zero-order valence-corrected chi connectivity index (χ0v) is 9.82. The predicted molar refractivity (Wildman–Crippen MR) is 63.6 cm³/mol. The standard InChI is InChI=1S/C12H19N3O/c1-15(7-8-16)12-10-5-3-2-4-6-11(10)13-9-14-12/h9,16H,2-8H2,1H3. The van der Waals surface area contributed by atoms with Crippen LogP contribution >= 0.6 is 0 Å². The van der Waals surface area contributed by atoms with Crippen molar-refractivity contribution >= 4 is 5.82 Å². The van der Waals surface area contributed by atoms with Crippen molar-refractivity contribution in [1.29, 1.82) is 0 Å². The van der Waals surface area contributed by atoms with Crippen molar-refractivity contribution < 1.29 is 5.11 Å². The smallest absolute Gasteiger partial charge is 0.135 e. The highest BCUT2D eigenvalue weighted by Crippen LogP contribution is 2.25. The summed E-state index contributed by atoms with van der Waals surface area (Å²) in [5, 5.41) is 8.97. The fraction of sp³-hybridized carbons (Fsp3) is 0.667. The van der Waals surface area contributed by atoms with Crippen LogP contribution in [0.15, 0.2) is 6.33 Å². The number of hydrogen-bond acceptors (Lipinski definition) is 4. The number of aliphatic hydroxyl groups is 1. The van der Waals surface area contributed by atoms with Crippen LogP contribution in [0.4, 0.5) is 5.82 Å². The van der Waals surface area contributed by atoms with Gasteiger partial charge in [-0.1, -0.05) is 6.42 Å². The lowest BCUT2D eigenvalue weighted by Crippen LogP contribution is -2.24. The minimum absolute atomic E-state index is 0.162. The van der Waals surface area contributed by atoms with Gasteiger partial charge in [-0.2, -0.15) is 0 Å². The molecular weight excluding hydrogens is 202 g/mol. The molecule has 1 heterocycles. The molecule has 0 fully saturated rings. The molecule has 0 aromatic carbocycles. The van der Waals surface area contributed by atoms with Crippen LogP contribution in [0.1, 0.15) is 30.5 Å². The number of rotatable bonds is 3. The number of anilines is 1. The molecule has 0 amide bonds. The molecule has 4 nitrogen and oxygen atoms in total. The lowest BCUT2D eigenvalue weighted by molar-refractivity contribution is 0.303. The summed E-state index contributed by atoms with van der Waals surface area (Å²) in [5.74, 6) is 1.00. The number of nitrogens with zero attached hydrogens (tertiary/aromatic N) is 3. The van der Waals surface area contributed by atoms with E-state index in [4.69, 9.17) is 5.11 Å². The zero-order chi connectivity index (χ0) is 11.4. The van der Waals surface area contributed by atoms with Crippen molar-refractivity contribution in [2.45, 2.75) is 32.1 Å². The van der Waals surface area contributed by atoms with Crippen LogP contribution in [-0.2, 0) is 12.8 Å². The van der Waals surface area contributed by atoms with E-state index in [1.165, 1.54) is 30.5 Å². The third-order valence-corrected chi connectivity index (χ3v) is 3.15. The number of aromatic nitrogens is 2. The average Bonchev–Trinajstić information content (AvgIpc) is 2.53. The third-order valence-electron chi connectivity index (χ3n) is 3.15. The summed E-state index contributed by atoms with van der Waals surface area (Å²) in [6.07, 6.45) is 7.51. The molecule has 1 aromatic heterocycles. The first kappa shape index (κ1) is 11.3. The molecule has 1 N–H and O–H groups in total. The summed E-state index contributed by atoms with van der Waals surface area (Å²) in [6.45, 7) is 0.790. The first-order valence-electron chi connectivity index (χ1n) is 5.97. The van der Waals surface area contributed by atoms with E-state index in [0.717, 1.165) is 18.7 Å². The van der Waals surface area contributed by atoms with E-state index in [2.05, 4.69) is 9.97 Å².